The molecule has 11 heteroatoms. The molecule has 9 nitrogen and oxygen atoms in total. The third kappa shape index (κ3) is 7.14. The van der Waals surface area contributed by atoms with E-state index in [1.54, 1.807) is 45.9 Å². The Balaban J connectivity index is 2.03. The zero-order valence-corrected chi connectivity index (χ0v) is 23.0. The smallest absolute Gasteiger partial charge is 0.408 e. The van der Waals surface area contributed by atoms with E-state index < -0.39 is 23.5 Å². The second-order valence-corrected chi connectivity index (χ2v) is 9.89. The number of carbonyl (C=O) groups is 2. The fourth-order valence-corrected chi connectivity index (χ4v) is 3.93. The summed E-state index contributed by atoms with van der Waals surface area (Å²) < 4.78 is 22.4. The maximum atomic E-state index is 13.4. The maximum absolute atomic E-state index is 13.4. The fourth-order valence-electron chi connectivity index (χ4n) is 3.43. The van der Waals surface area contributed by atoms with Crippen molar-refractivity contribution in [1.29, 1.82) is 0 Å². The van der Waals surface area contributed by atoms with Crippen molar-refractivity contribution >= 4 is 35.1 Å². The van der Waals surface area contributed by atoms with E-state index in [2.05, 4.69) is 15.3 Å². The highest BCUT2D eigenvalue weighted by atomic mass is 35.5. The lowest BCUT2D eigenvalue weighted by Gasteiger charge is -2.21. The minimum Gasteiger partial charge on any atom is -0.493 e. The molecule has 0 spiro atoms. The maximum Gasteiger partial charge on any atom is 0.408 e. The first-order chi connectivity index (χ1) is 17.4. The first-order valence-electron chi connectivity index (χ1n) is 11.6. The molecule has 0 saturated heterocycles. The molecule has 2 aromatic heterocycles. The van der Waals surface area contributed by atoms with Gasteiger partial charge in [-0.05, 0) is 52.8 Å². The van der Waals surface area contributed by atoms with E-state index in [0.717, 1.165) is 0 Å². The summed E-state index contributed by atoms with van der Waals surface area (Å²) in [4.78, 5) is 34.2. The number of methoxy groups -OCH3 is 1. The van der Waals surface area contributed by atoms with Crippen molar-refractivity contribution in [3.63, 3.8) is 0 Å². The highest BCUT2D eigenvalue weighted by molar-refractivity contribution is 6.36. The van der Waals surface area contributed by atoms with Crippen molar-refractivity contribution in [3.8, 4) is 23.0 Å². The van der Waals surface area contributed by atoms with Crippen molar-refractivity contribution in [1.82, 2.24) is 15.3 Å². The minimum absolute atomic E-state index is 0.0243. The van der Waals surface area contributed by atoms with Crippen molar-refractivity contribution < 1.29 is 28.2 Å². The molecule has 1 aromatic carbocycles. The Labute approximate surface area is 225 Å². The van der Waals surface area contributed by atoms with E-state index in [1.165, 1.54) is 19.5 Å². The number of nitrogens with one attached hydrogen (secondary N) is 1. The lowest BCUT2D eigenvalue weighted by Crippen LogP contribution is -2.34. The number of alkyl carbamates (subject to hydrolysis) is 1. The summed E-state index contributed by atoms with van der Waals surface area (Å²) >= 11 is 12.5. The van der Waals surface area contributed by atoms with Crippen LogP contribution in [-0.2, 0) is 11.2 Å². The predicted octanol–water partition coefficient (Wildman–Crippen LogP) is 6.46. The number of benzene rings is 1. The molecular weight excluding hydrogens is 521 g/mol. The van der Waals surface area contributed by atoms with E-state index in [9.17, 15) is 9.59 Å². The van der Waals surface area contributed by atoms with Crippen molar-refractivity contribution in [2.45, 2.75) is 52.7 Å². The van der Waals surface area contributed by atoms with Crippen LogP contribution < -0.4 is 14.8 Å². The molecule has 0 radical (unpaired) electrons. The van der Waals surface area contributed by atoms with Gasteiger partial charge in [-0.15, -0.1) is 0 Å². The number of ketones is 1. The fraction of sp³-hybridized carbons (Fsp3) is 0.385. The molecule has 0 saturated carbocycles. The van der Waals surface area contributed by atoms with E-state index in [-0.39, 0.29) is 33.8 Å². The van der Waals surface area contributed by atoms with Crippen LogP contribution in [0.15, 0.2) is 35.0 Å². The predicted molar refractivity (Wildman–Crippen MR) is 140 cm³/mol. The number of aromatic nitrogens is 2. The number of hydrogen-bond donors (Lipinski definition) is 1. The van der Waals surface area contributed by atoms with Gasteiger partial charge in [0.15, 0.2) is 28.7 Å². The first kappa shape index (κ1) is 28.3. The van der Waals surface area contributed by atoms with Gasteiger partial charge in [0.05, 0.1) is 29.8 Å². The van der Waals surface area contributed by atoms with Crippen LogP contribution in [0.5, 0.6) is 11.5 Å². The lowest BCUT2D eigenvalue weighted by atomic mass is 10.1. The molecule has 1 atom stereocenters. The molecule has 37 heavy (non-hydrogen) atoms. The van der Waals surface area contributed by atoms with E-state index in [1.807, 2.05) is 6.92 Å². The first-order valence-corrected chi connectivity index (χ1v) is 12.3. The summed E-state index contributed by atoms with van der Waals surface area (Å²) in [5, 5.41) is 3.20. The van der Waals surface area contributed by atoms with Crippen molar-refractivity contribution in [3.05, 3.63) is 57.7 Å². The van der Waals surface area contributed by atoms with Gasteiger partial charge >= 0.3 is 6.09 Å². The largest absolute Gasteiger partial charge is 0.493 e. The summed E-state index contributed by atoms with van der Waals surface area (Å²) in [5.41, 5.74) is 0.280. The minimum atomic E-state index is -0.747. The van der Waals surface area contributed by atoms with E-state index in [0.29, 0.717) is 29.2 Å². The molecular formula is C26H29Cl2N3O6. The van der Waals surface area contributed by atoms with Crippen LogP contribution in [0.1, 0.15) is 62.5 Å². The van der Waals surface area contributed by atoms with Gasteiger partial charge in [-0.2, -0.15) is 0 Å². The SMILES string of the molecule is CCOc1cc(-c2nc(C(=O)Cc3c(Cl)cncc3Cl)c(C(C)NC(=O)OC(C)(C)C)o2)ccc1OC. The van der Waals surface area contributed by atoms with Crippen LogP contribution in [0, 0.1) is 0 Å². The lowest BCUT2D eigenvalue weighted by molar-refractivity contribution is 0.0501. The topological polar surface area (TPSA) is 113 Å². The number of hydrogen-bond acceptors (Lipinski definition) is 8. The Kier molecular flexibility index (Phi) is 9.04. The second kappa shape index (κ2) is 11.8. The molecule has 0 aliphatic carbocycles. The number of ether oxygens (including phenoxy) is 3. The number of pyridine rings is 1. The Morgan fingerprint density at radius 2 is 1.81 bits per heavy atom. The number of rotatable bonds is 9. The van der Waals surface area contributed by atoms with Gasteiger partial charge < -0.3 is 23.9 Å². The van der Waals surface area contributed by atoms with Gasteiger partial charge in [0, 0.05) is 29.9 Å². The normalized spacial score (nSPS) is 12.1. The molecule has 1 amide bonds. The summed E-state index contributed by atoms with van der Waals surface area (Å²) in [6.07, 6.45) is 2.00. The molecule has 2 heterocycles. The number of carbonyl (C=O) groups excluding carboxylic acids is 2. The molecule has 3 rings (SSSR count). The Bertz CT molecular complexity index is 1270. The Morgan fingerprint density at radius 1 is 1.14 bits per heavy atom. The van der Waals surface area contributed by atoms with E-state index >= 15 is 0 Å². The standard InChI is InChI=1S/C26H29Cl2N3O6/c1-7-35-21-10-15(8-9-20(21)34-6)24-31-22(19(32)11-16-17(27)12-29-13-18(16)28)23(36-24)14(2)30-25(33)37-26(3,4)5/h8-10,12-14H,7,11H2,1-6H3,(H,30,33). The summed E-state index contributed by atoms with van der Waals surface area (Å²) in [6.45, 7) is 9.19. The number of halogens is 2. The van der Waals surface area contributed by atoms with E-state index in [4.69, 9.17) is 41.8 Å². The van der Waals surface area contributed by atoms with Gasteiger partial charge in [0.1, 0.15) is 5.60 Å². The zero-order chi connectivity index (χ0) is 27.3. The van der Waals surface area contributed by atoms with Gasteiger partial charge in [-0.25, -0.2) is 9.78 Å². The molecule has 1 unspecified atom stereocenters. The highest BCUT2D eigenvalue weighted by Gasteiger charge is 2.28. The van der Waals surface area contributed by atoms with Crippen LogP contribution in [0.25, 0.3) is 11.5 Å². The Hall–Kier alpha value is -3.30. The summed E-state index contributed by atoms with van der Waals surface area (Å²) in [7, 11) is 1.54. The van der Waals surface area contributed by atoms with Crippen LogP contribution in [0.4, 0.5) is 4.79 Å². The summed E-state index contributed by atoms with van der Waals surface area (Å²) in [5.74, 6) is 0.935. The van der Waals surface area contributed by atoms with Crippen LogP contribution in [-0.4, -0.2) is 41.2 Å². The van der Waals surface area contributed by atoms with Crippen LogP contribution in [0.3, 0.4) is 0 Å². The van der Waals surface area contributed by atoms with Gasteiger partial charge in [-0.1, -0.05) is 23.2 Å². The molecule has 0 fully saturated rings. The molecule has 0 aliphatic rings. The second-order valence-electron chi connectivity index (χ2n) is 9.08. The molecule has 198 valence electrons. The molecule has 0 bridgehead atoms. The third-order valence-corrected chi connectivity index (χ3v) is 5.70. The van der Waals surface area contributed by atoms with Crippen molar-refractivity contribution in [2.75, 3.05) is 13.7 Å². The van der Waals surface area contributed by atoms with Gasteiger partial charge in [-0.3, -0.25) is 9.78 Å². The zero-order valence-electron chi connectivity index (χ0n) is 21.5. The van der Waals surface area contributed by atoms with Gasteiger partial charge in [0.25, 0.3) is 0 Å². The average Bonchev–Trinajstić information content (AvgIpc) is 3.26. The monoisotopic (exact) mass is 549 g/mol. The third-order valence-electron chi connectivity index (χ3n) is 5.04. The average molecular weight is 550 g/mol. The van der Waals surface area contributed by atoms with Gasteiger partial charge in [0.2, 0.25) is 5.89 Å². The number of Topliss-reactive ketones (excluding diaryl/α,β-unsaturated/α-hetero) is 1. The molecule has 1 N–H and O–H groups in total. The Morgan fingerprint density at radius 3 is 2.41 bits per heavy atom. The number of nitrogens with zero attached hydrogens (tertiary/aromatic N) is 2. The van der Waals surface area contributed by atoms with Crippen LogP contribution in [0.2, 0.25) is 10.0 Å². The molecule has 3 aromatic rings. The number of amides is 1. The highest BCUT2D eigenvalue weighted by Crippen LogP contribution is 2.35. The molecule has 0 aliphatic heterocycles. The van der Waals surface area contributed by atoms with Crippen molar-refractivity contribution in [2.24, 2.45) is 0 Å². The number of oxazole rings is 1. The summed E-state index contributed by atoms with van der Waals surface area (Å²) in [6, 6.07) is 4.40. The quantitative estimate of drug-likeness (QED) is 0.302. The van der Waals surface area contributed by atoms with Crippen LogP contribution >= 0.6 is 23.2 Å².